The number of nitrogens with zero attached hydrogens (tertiary/aromatic N) is 4. The molecule has 8 heteroatoms. The minimum atomic E-state index is -4.54. The molecule has 2 fully saturated rings. The van der Waals surface area contributed by atoms with E-state index < -0.39 is 17.6 Å². The number of aromatic nitrogens is 3. The van der Waals surface area contributed by atoms with Gasteiger partial charge >= 0.3 is 6.18 Å². The van der Waals surface area contributed by atoms with Gasteiger partial charge in [-0.25, -0.2) is 9.67 Å². The van der Waals surface area contributed by atoms with Crippen LogP contribution in [0.25, 0.3) is 0 Å². The highest BCUT2D eigenvalue weighted by molar-refractivity contribution is 5.96. The average Bonchev–Trinajstić information content (AvgIpc) is 3.20. The Bertz CT molecular complexity index is 760. The van der Waals surface area contributed by atoms with Gasteiger partial charge in [0, 0.05) is 12.1 Å². The maximum Gasteiger partial charge on any atom is 0.417 e. The molecule has 2 bridgehead atoms. The maximum absolute atomic E-state index is 13.2. The van der Waals surface area contributed by atoms with Crippen LogP contribution in [0.3, 0.4) is 0 Å². The van der Waals surface area contributed by atoms with Crippen molar-refractivity contribution in [3.63, 3.8) is 0 Å². The van der Waals surface area contributed by atoms with E-state index in [0.29, 0.717) is 12.8 Å². The molecular weight excluding hydrogens is 333 g/mol. The maximum atomic E-state index is 13.2. The number of carbonyl (C=O) groups is 1. The van der Waals surface area contributed by atoms with E-state index in [0.717, 1.165) is 18.9 Å². The van der Waals surface area contributed by atoms with Gasteiger partial charge < -0.3 is 4.90 Å². The van der Waals surface area contributed by atoms with Gasteiger partial charge in [-0.3, -0.25) is 4.79 Å². The lowest BCUT2D eigenvalue weighted by molar-refractivity contribution is -0.138. The van der Waals surface area contributed by atoms with Gasteiger partial charge in [-0.1, -0.05) is 12.1 Å². The fourth-order valence-electron chi connectivity index (χ4n) is 4.16. The normalized spacial score (nSPS) is 26.0. The van der Waals surface area contributed by atoms with E-state index in [1.807, 2.05) is 0 Å². The number of carbonyl (C=O) groups excluding carboxylic acids is 1. The van der Waals surface area contributed by atoms with Crippen LogP contribution in [-0.2, 0) is 6.18 Å². The van der Waals surface area contributed by atoms with Crippen LogP contribution >= 0.6 is 0 Å². The monoisotopic (exact) mass is 350 g/mol. The van der Waals surface area contributed by atoms with Gasteiger partial charge in [0.2, 0.25) is 0 Å². The van der Waals surface area contributed by atoms with Gasteiger partial charge in [0.25, 0.3) is 5.91 Å². The summed E-state index contributed by atoms with van der Waals surface area (Å²) in [5, 5.41) is 4.16. The molecule has 0 N–H and O–H groups in total. The van der Waals surface area contributed by atoms with Crippen LogP contribution in [0.4, 0.5) is 13.2 Å². The molecule has 2 aliphatic rings. The zero-order chi connectivity index (χ0) is 17.6. The molecule has 3 heterocycles. The first-order valence-corrected chi connectivity index (χ1v) is 8.28. The topological polar surface area (TPSA) is 51.0 Å². The Morgan fingerprint density at radius 2 is 1.76 bits per heavy atom. The number of alkyl halides is 3. The number of hydrogen-bond donors (Lipinski definition) is 0. The first kappa shape index (κ1) is 16.1. The second kappa shape index (κ2) is 5.86. The molecular formula is C17H17F3N4O. The molecule has 2 atom stereocenters. The van der Waals surface area contributed by atoms with Crippen LogP contribution in [-0.4, -0.2) is 37.7 Å². The molecule has 5 nitrogen and oxygen atoms in total. The van der Waals surface area contributed by atoms with E-state index >= 15 is 0 Å². The van der Waals surface area contributed by atoms with Crippen molar-refractivity contribution in [3.8, 4) is 0 Å². The fraction of sp³-hybridized carbons (Fsp3) is 0.471. The van der Waals surface area contributed by atoms with Crippen molar-refractivity contribution in [1.29, 1.82) is 0 Å². The second-order valence-corrected chi connectivity index (χ2v) is 6.64. The summed E-state index contributed by atoms with van der Waals surface area (Å²) in [5.41, 5.74) is -1.12. The van der Waals surface area contributed by atoms with E-state index in [-0.39, 0.29) is 23.7 Å². The summed E-state index contributed by atoms with van der Waals surface area (Å²) >= 11 is 0. The van der Waals surface area contributed by atoms with Crippen LogP contribution in [0.5, 0.6) is 0 Å². The SMILES string of the molecule is O=C(c1ccccc1C(F)(F)F)N1C2CCC1CC(n1cncn1)C2. The van der Waals surface area contributed by atoms with Gasteiger partial charge in [0.15, 0.2) is 0 Å². The van der Waals surface area contributed by atoms with Crippen molar-refractivity contribution in [2.75, 3.05) is 0 Å². The predicted molar refractivity (Wildman–Crippen MR) is 82.7 cm³/mol. The first-order chi connectivity index (χ1) is 11.9. The van der Waals surface area contributed by atoms with Crippen LogP contribution in [0.2, 0.25) is 0 Å². The van der Waals surface area contributed by atoms with E-state index in [1.165, 1.54) is 24.5 Å². The van der Waals surface area contributed by atoms with Crippen LogP contribution in [0, 0.1) is 0 Å². The summed E-state index contributed by atoms with van der Waals surface area (Å²) in [6, 6.07) is 5.06. The Morgan fingerprint density at radius 3 is 2.36 bits per heavy atom. The minimum absolute atomic E-state index is 0.0539. The molecule has 0 spiro atoms. The van der Waals surface area contributed by atoms with Crippen molar-refractivity contribution < 1.29 is 18.0 Å². The number of hydrogen-bond acceptors (Lipinski definition) is 3. The lowest BCUT2D eigenvalue weighted by Crippen LogP contribution is -2.47. The minimum Gasteiger partial charge on any atom is -0.333 e. The van der Waals surface area contributed by atoms with Crippen molar-refractivity contribution in [1.82, 2.24) is 19.7 Å². The largest absolute Gasteiger partial charge is 0.417 e. The summed E-state index contributed by atoms with van der Waals surface area (Å²) in [6.07, 6.45) is 1.61. The highest BCUT2D eigenvalue weighted by Crippen LogP contribution is 2.42. The molecule has 1 aromatic heterocycles. The summed E-state index contributed by atoms with van der Waals surface area (Å²) in [7, 11) is 0. The van der Waals surface area contributed by atoms with Crippen LogP contribution in [0.1, 0.15) is 47.6 Å². The molecule has 132 valence electrons. The number of amides is 1. The number of fused-ring (bicyclic) bond motifs is 2. The summed E-state index contributed by atoms with van der Waals surface area (Å²) < 4.78 is 41.5. The molecule has 1 amide bonds. The zero-order valence-electron chi connectivity index (χ0n) is 13.4. The standard InChI is InChI=1S/C17H17F3N4O/c18-17(19,20)15-4-2-1-3-14(15)16(25)24-11-5-6-12(24)8-13(7-11)23-10-21-9-22-23/h1-4,9-13H,5-8H2. The summed E-state index contributed by atoms with van der Waals surface area (Å²) in [5.74, 6) is -0.516. The predicted octanol–water partition coefficient (Wildman–Crippen LogP) is 3.31. The van der Waals surface area contributed by atoms with Crippen molar-refractivity contribution >= 4 is 5.91 Å². The van der Waals surface area contributed by atoms with Gasteiger partial charge in [0.1, 0.15) is 12.7 Å². The fourth-order valence-corrected chi connectivity index (χ4v) is 4.16. The Balaban J connectivity index is 1.61. The molecule has 0 aliphatic carbocycles. The van der Waals surface area contributed by atoms with Gasteiger partial charge in [-0.05, 0) is 37.8 Å². The lowest BCUT2D eigenvalue weighted by Gasteiger charge is -2.39. The second-order valence-electron chi connectivity index (χ2n) is 6.64. The number of benzene rings is 1. The smallest absolute Gasteiger partial charge is 0.333 e. The Labute approximate surface area is 142 Å². The van der Waals surface area contributed by atoms with Crippen molar-refractivity contribution in [2.24, 2.45) is 0 Å². The summed E-state index contributed by atoms with van der Waals surface area (Å²) in [6.45, 7) is 0. The molecule has 2 unspecified atom stereocenters. The number of halogens is 3. The molecule has 2 aliphatic heterocycles. The number of rotatable bonds is 2. The lowest BCUT2D eigenvalue weighted by atomic mass is 9.95. The highest BCUT2D eigenvalue weighted by Gasteiger charge is 2.46. The van der Waals surface area contributed by atoms with E-state index in [2.05, 4.69) is 10.1 Å². The van der Waals surface area contributed by atoms with E-state index in [1.54, 1.807) is 15.9 Å². The number of piperidine rings is 1. The summed E-state index contributed by atoms with van der Waals surface area (Å²) in [4.78, 5) is 18.5. The molecule has 2 aromatic rings. The third-order valence-corrected chi connectivity index (χ3v) is 5.22. The van der Waals surface area contributed by atoms with Gasteiger partial charge in [0.05, 0.1) is 17.2 Å². The first-order valence-electron chi connectivity index (χ1n) is 8.28. The average molecular weight is 350 g/mol. The Hall–Kier alpha value is -2.38. The zero-order valence-corrected chi connectivity index (χ0v) is 13.4. The van der Waals surface area contributed by atoms with E-state index in [4.69, 9.17) is 0 Å². The van der Waals surface area contributed by atoms with Gasteiger partial charge in [-0.2, -0.15) is 18.3 Å². The van der Waals surface area contributed by atoms with Crippen molar-refractivity contribution in [2.45, 2.75) is 50.0 Å². The molecule has 0 saturated carbocycles. The molecule has 2 saturated heterocycles. The molecule has 0 radical (unpaired) electrons. The van der Waals surface area contributed by atoms with Crippen LogP contribution < -0.4 is 0 Å². The van der Waals surface area contributed by atoms with Crippen molar-refractivity contribution in [3.05, 3.63) is 48.0 Å². The molecule has 4 rings (SSSR count). The quantitative estimate of drug-likeness (QED) is 0.835. The third-order valence-electron chi connectivity index (χ3n) is 5.22. The van der Waals surface area contributed by atoms with Gasteiger partial charge in [-0.15, -0.1) is 0 Å². The highest BCUT2D eigenvalue weighted by atomic mass is 19.4. The Morgan fingerprint density at radius 1 is 1.08 bits per heavy atom. The molecule has 1 aromatic carbocycles. The molecule has 25 heavy (non-hydrogen) atoms. The third kappa shape index (κ3) is 2.79. The van der Waals surface area contributed by atoms with E-state index in [9.17, 15) is 18.0 Å². The Kier molecular flexibility index (Phi) is 3.77. The van der Waals surface area contributed by atoms with Crippen LogP contribution in [0.15, 0.2) is 36.9 Å².